The molecule has 0 aliphatic heterocycles. The van der Waals surface area contributed by atoms with Crippen molar-refractivity contribution in [3.63, 3.8) is 0 Å². The number of nitrogens with one attached hydrogen (secondary N) is 1. The minimum atomic E-state index is -0.274. The van der Waals surface area contributed by atoms with Crippen LogP contribution in [0.25, 0.3) is 0 Å². The zero-order chi connectivity index (χ0) is 18.5. The van der Waals surface area contributed by atoms with E-state index in [2.05, 4.69) is 31.3 Å². The average molecular weight is 435 g/mol. The summed E-state index contributed by atoms with van der Waals surface area (Å²) in [6, 6.07) is 13.8. The number of hydrogen-bond acceptors (Lipinski definition) is 4. The number of carbonyl (C=O) groups excluding carboxylic acids is 1. The summed E-state index contributed by atoms with van der Waals surface area (Å²) in [6.07, 6.45) is 0.408. The molecule has 3 rings (SSSR count). The predicted molar refractivity (Wildman–Crippen MR) is 103 cm³/mol. The first-order chi connectivity index (χ1) is 12.5. The van der Waals surface area contributed by atoms with Crippen molar-refractivity contribution in [2.45, 2.75) is 29.9 Å². The molecule has 5 nitrogen and oxygen atoms in total. The van der Waals surface area contributed by atoms with Crippen LogP contribution in [-0.4, -0.2) is 20.7 Å². The van der Waals surface area contributed by atoms with Gasteiger partial charge in [-0.2, -0.15) is 4.98 Å². The Morgan fingerprint density at radius 1 is 1.23 bits per heavy atom. The lowest BCUT2D eigenvalue weighted by atomic mass is 10.2. The van der Waals surface area contributed by atoms with Crippen LogP contribution in [0.4, 0.5) is 10.1 Å². The summed E-state index contributed by atoms with van der Waals surface area (Å²) >= 11 is 4.71. The number of para-hydroxylation sites is 1. The molecule has 26 heavy (non-hydrogen) atoms. The van der Waals surface area contributed by atoms with E-state index in [0.29, 0.717) is 22.9 Å². The van der Waals surface area contributed by atoms with Crippen LogP contribution < -0.4 is 5.32 Å². The summed E-state index contributed by atoms with van der Waals surface area (Å²) in [4.78, 5) is 17.0. The fraction of sp³-hybridized carbons (Fsp3) is 0.167. The van der Waals surface area contributed by atoms with E-state index in [0.717, 1.165) is 16.1 Å². The van der Waals surface area contributed by atoms with Gasteiger partial charge in [-0.25, -0.2) is 9.07 Å². The number of rotatable bonds is 6. The maximum Gasteiger partial charge on any atom is 0.224 e. The second kappa shape index (κ2) is 8.46. The molecule has 1 N–H and O–H groups in total. The van der Waals surface area contributed by atoms with Crippen molar-refractivity contribution < 1.29 is 9.18 Å². The number of amides is 1. The first-order valence-electron chi connectivity index (χ1n) is 7.96. The van der Waals surface area contributed by atoms with E-state index in [1.807, 2.05) is 31.2 Å². The molecule has 2 aromatic carbocycles. The topological polar surface area (TPSA) is 59.8 Å². The Morgan fingerprint density at radius 2 is 1.96 bits per heavy atom. The van der Waals surface area contributed by atoms with Crippen molar-refractivity contribution in [1.82, 2.24) is 14.8 Å². The molecule has 1 heterocycles. The third-order valence-electron chi connectivity index (χ3n) is 3.54. The molecule has 0 aliphatic rings. The Morgan fingerprint density at radius 3 is 2.69 bits per heavy atom. The van der Waals surface area contributed by atoms with Crippen LogP contribution in [0, 0.1) is 5.82 Å². The summed E-state index contributed by atoms with van der Waals surface area (Å²) in [6.45, 7) is 2.27. The summed E-state index contributed by atoms with van der Waals surface area (Å²) in [5.74, 6) is -0.323. The van der Waals surface area contributed by atoms with Gasteiger partial charge in [0.2, 0.25) is 10.6 Å². The number of benzene rings is 2. The fourth-order valence-corrected chi connectivity index (χ4v) is 3.63. The average Bonchev–Trinajstić information content (AvgIpc) is 2.97. The molecule has 0 fully saturated rings. The van der Waals surface area contributed by atoms with Gasteiger partial charge >= 0.3 is 0 Å². The number of halogens is 2. The zero-order valence-electron chi connectivity index (χ0n) is 13.9. The number of aromatic nitrogens is 3. The first-order valence-corrected chi connectivity index (χ1v) is 9.57. The van der Waals surface area contributed by atoms with Crippen LogP contribution in [0.1, 0.15) is 18.9 Å². The molecule has 134 valence electrons. The van der Waals surface area contributed by atoms with E-state index >= 15 is 0 Å². The SMILES string of the molecule is CCC(=O)Nc1ccccc1Sc1nc(Br)nn1Cc1ccc(F)cc1. The van der Waals surface area contributed by atoms with Crippen LogP contribution in [0.5, 0.6) is 0 Å². The van der Waals surface area contributed by atoms with Gasteiger partial charge in [-0.15, -0.1) is 5.10 Å². The van der Waals surface area contributed by atoms with Gasteiger partial charge < -0.3 is 5.32 Å². The van der Waals surface area contributed by atoms with Crippen LogP contribution >= 0.6 is 27.7 Å². The highest BCUT2D eigenvalue weighted by Crippen LogP contribution is 2.33. The Bertz CT molecular complexity index is 914. The van der Waals surface area contributed by atoms with Gasteiger partial charge in [0.05, 0.1) is 12.2 Å². The third kappa shape index (κ3) is 4.70. The van der Waals surface area contributed by atoms with Gasteiger partial charge in [0.15, 0.2) is 5.16 Å². The summed E-state index contributed by atoms with van der Waals surface area (Å²) in [5, 5.41) is 7.91. The second-order valence-corrected chi connectivity index (χ2v) is 7.17. The Labute approximate surface area is 163 Å². The Kier molecular flexibility index (Phi) is 6.05. The van der Waals surface area contributed by atoms with E-state index < -0.39 is 0 Å². The van der Waals surface area contributed by atoms with Crippen molar-refractivity contribution in [2.24, 2.45) is 0 Å². The minimum Gasteiger partial charge on any atom is -0.325 e. The number of nitrogens with zero attached hydrogens (tertiary/aromatic N) is 3. The van der Waals surface area contributed by atoms with E-state index in [1.165, 1.54) is 23.9 Å². The summed E-state index contributed by atoms with van der Waals surface area (Å²) < 4.78 is 15.3. The molecule has 0 unspecified atom stereocenters. The number of hydrogen-bond donors (Lipinski definition) is 1. The van der Waals surface area contributed by atoms with Crippen molar-refractivity contribution >= 4 is 39.3 Å². The van der Waals surface area contributed by atoms with Crippen LogP contribution in [-0.2, 0) is 11.3 Å². The molecule has 1 amide bonds. The van der Waals surface area contributed by atoms with E-state index in [9.17, 15) is 9.18 Å². The molecule has 0 saturated carbocycles. The third-order valence-corrected chi connectivity index (χ3v) is 4.94. The lowest BCUT2D eigenvalue weighted by molar-refractivity contribution is -0.115. The van der Waals surface area contributed by atoms with E-state index in [1.54, 1.807) is 16.8 Å². The van der Waals surface area contributed by atoms with Gasteiger partial charge in [0.25, 0.3) is 0 Å². The monoisotopic (exact) mass is 434 g/mol. The summed E-state index contributed by atoms with van der Waals surface area (Å²) in [7, 11) is 0. The molecule has 8 heteroatoms. The van der Waals surface area contributed by atoms with Crippen LogP contribution in [0.15, 0.2) is 63.3 Å². The van der Waals surface area contributed by atoms with Gasteiger partial charge in [0, 0.05) is 11.3 Å². The molecule has 0 saturated heterocycles. The lowest BCUT2D eigenvalue weighted by Gasteiger charge is -2.10. The maximum atomic E-state index is 13.1. The van der Waals surface area contributed by atoms with Gasteiger partial charge in [-0.1, -0.05) is 31.2 Å². The van der Waals surface area contributed by atoms with Crippen molar-refractivity contribution in [3.05, 3.63) is 64.6 Å². The second-order valence-electron chi connectivity index (χ2n) is 5.45. The summed E-state index contributed by atoms with van der Waals surface area (Å²) in [5.41, 5.74) is 1.65. The Hall–Kier alpha value is -2.19. The molecule has 3 aromatic rings. The smallest absolute Gasteiger partial charge is 0.224 e. The Balaban J connectivity index is 1.85. The van der Waals surface area contributed by atoms with Gasteiger partial charge in [0.1, 0.15) is 5.82 Å². The zero-order valence-corrected chi connectivity index (χ0v) is 16.3. The van der Waals surface area contributed by atoms with Gasteiger partial charge in [-0.05, 0) is 57.5 Å². The molecular weight excluding hydrogens is 419 g/mol. The lowest BCUT2D eigenvalue weighted by Crippen LogP contribution is -2.10. The standard InChI is InChI=1S/C18H16BrFN4OS/c1-2-16(25)21-14-5-3-4-6-15(14)26-18-22-17(19)23-24(18)11-12-7-9-13(20)10-8-12/h3-10H,2,11H2,1H3,(H,21,25). The molecule has 0 atom stereocenters. The van der Waals surface area contributed by atoms with Crippen molar-refractivity contribution in [3.8, 4) is 0 Å². The van der Waals surface area contributed by atoms with E-state index in [-0.39, 0.29) is 11.7 Å². The van der Waals surface area contributed by atoms with Crippen LogP contribution in [0.3, 0.4) is 0 Å². The molecule has 0 spiro atoms. The molecule has 0 radical (unpaired) electrons. The molecule has 0 bridgehead atoms. The van der Waals surface area contributed by atoms with Crippen LogP contribution in [0.2, 0.25) is 0 Å². The first kappa shape index (κ1) is 18.6. The molecular formula is C18H16BrFN4OS. The fourth-order valence-electron chi connectivity index (χ4n) is 2.24. The highest BCUT2D eigenvalue weighted by molar-refractivity contribution is 9.10. The predicted octanol–water partition coefficient (Wildman–Crippen LogP) is 4.73. The normalized spacial score (nSPS) is 10.7. The van der Waals surface area contributed by atoms with Gasteiger partial charge in [-0.3, -0.25) is 4.79 Å². The number of carbonyl (C=O) groups is 1. The molecule has 0 aliphatic carbocycles. The van der Waals surface area contributed by atoms with Crippen molar-refractivity contribution in [2.75, 3.05) is 5.32 Å². The quantitative estimate of drug-likeness (QED) is 0.609. The largest absolute Gasteiger partial charge is 0.325 e. The van der Waals surface area contributed by atoms with E-state index in [4.69, 9.17) is 0 Å². The highest BCUT2D eigenvalue weighted by atomic mass is 79.9. The maximum absolute atomic E-state index is 13.1. The number of anilines is 1. The van der Waals surface area contributed by atoms with Crippen molar-refractivity contribution in [1.29, 1.82) is 0 Å². The minimum absolute atomic E-state index is 0.0491. The highest BCUT2D eigenvalue weighted by Gasteiger charge is 2.14. The molecule has 1 aromatic heterocycles.